The number of benzene rings is 4. The molecule has 1 heterocycles. The van der Waals surface area contributed by atoms with E-state index in [1.165, 1.54) is 6.07 Å². The maximum Gasteiger partial charge on any atom is 0.253 e. The molecule has 5 rings (SSSR count). The van der Waals surface area contributed by atoms with Crippen LogP contribution in [-0.4, -0.2) is 64.8 Å². The first-order valence-corrected chi connectivity index (χ1v) is 15.9. The summed E-state index contributed by atoms with van der Waals surface area (Å²) in [6, 6.07) is 28.7. The fourth-order valence-corrected chi connectivity index (χ4v) is 6.24. The Labute approximate surface area is 274 Å². The molecule has 1 unspecified atom stereocenters. The van der Waals surface area contributed by atoms with Gasteiger partial charge in [-0.25, -0.2) is 0 Å². The molecule has 0 saturated carbocycles. The molecule has 0 aromatic heterocycles. The van der Waals surface area contributed by atoms with E-state index in [9.17, 15) is 19.5 Å². The van der Waals surface area contributed by atoms with E-state index in [2.05, 4.69) is 5.32 Å². The monoisotopic (exact) mass is 638 g/mol. The molecule has 46 heavy (non-hydrogen) atoms. The smallest absolute Gasteiger partial charge is 0.253 e. The zero-order chi connectivity index (χ0) is 32.6. The standard InChI is InChI=1S/C37H39ClN4O4/c1-25(27-6-4-7-28(23-27)33-10-2-3-11-34(33)36(45)40-19-18-39)42(35(44)22-26-12-14-30(38)15-13-26)31-16-20-41(21-17-31)37(46)29-8-5-9-32(43)24-29/h2-15,23-25,31,43H,16-22,39H2,1H3,(H,40,45). The van der Waals surface area contributed by atoms with Gasteiger partial charge >= 0.3 is 0 Å². The van der Waals surface area contributed by atoms with E-state index in [4.69, 9.17) is 17.3 Å². The third-order valence-electron chi connectivity index (χ3n) is 8.49. The highest BCUT2D eigenvalue weighted by molar-refractivity contribution is 6.30. The van der Waals surface area contributed by atoms with Gasteiger partial charge in [0, 0.05) is 48.4 Å². The summed E-state index contributed by atoms with van der Waals surface area (Å²) in [4.78, 5) is 44.0. The van der Waals surface area contributed by atoms with Crippen LogP contribution in [0.1, 0.15) is 57.7 Å². The lowest BCUT2D eigenvalue weighted by atomic mass is 9.93. The van der Waals surface area contributed by atoms with Crippen LogP contribution in [0.2, 0.25) is 5.02 Å². The Kier molecular flexibility index (Phi) is 10.7. The third kappa shape index (κ3) is 7.76. The molecule has 4 aromatic carbocycles. The quantitative estimate of drug-likeness (QED) is 0.202. The molecule has 4 aromatic rings. The summed E-state index contributed by atoms with van der Waals surface area (Å²) in [5.74, 6) is -0.288. The van der Waals surface area contributed by atoms with E-state index in [1.807, 2.05) is 66.4 Å². The first-order chi connectivity index (χ1) is 22.2. The summed E-state index contributed by atoms with van der Waals surface area (Å²) in [5.41, 5.74) is 10.1. The van der Waals surface area contributed by atoms with Gasteiger partial charge in [0.1, 0.15) is 5.75 Å². The van der Waals surface area contributed by atoms with Crippen LogP contribution in [0.3, 0.4) is 0 Å². The molecule has 4 N–H and O–H groups in total. The SMILES string of the molecule is CC(c1cccc(-c2ccccc2C(=O)NCCN)c1)N(C(=O)Cc1ccc(Cl)cc1)C1CCN(C(=O)c2cccc(O)c2)CC1. The number of hydrogen-bond acceptors (Lipinski definition) is 5. The summed E-state index contributed by atoms with van der Waals surface area (Å²) in [5, 5.41) is 13.3. The van der Waals surface area contributed by atoms with Gasteiger partial charge in [0.05, 0.1) is 12.5 Å². The molecule has 0 bridgehead atoms. The van der Waals surface area contributed by atoms with Gasteiger partial charge in [-0.15, -0.1) is 0 Å². The Hall–Kier alpha value is -4.66. The number of phenols is 1. The van der Waals surface area contributed by atoms with Crippen molar-refractivity contribution in [3.63, 3.8) is 0 Å². The summed E-state index contributed by atoms with van der Waals surface area (Å²) in [6.45, 7) is 3.74. The molecule has 8 nitrogen and oxygen atoms in total. The first-order valence-electron chi connectivity index (χ1n) is 15.6. The van der Waals surface area contributed by atoms with Crippen LogP contribution in [0.5, 0.6) is 5.75 Å². The Balaban J connectivity index is 1.41. The molecular weight excluding hydrogens is 600 g/mol. The number of nitrogens with two attached hydrogens (primary N) is 1. The molecule has 9 heteroatoms. The molecule has 238 valence electrons. The fraction of sp³-hybridized carbons (Fsp3) is 0.270. The van der Waals surface area contributed by atoms with Crippen LogP contribution in [-0.2, 0) is 11.2 Å². The number of likely N-dealkylation sites (tertiary alicyclic amines) is 1. The van der Waals surface area contributed by atoms with Crippen LogP contribution in [0, 0.1) is 0 Å². The second-order valence-corrected chi connectivity index (χ2v) is 12.0. The number of nitrogens with one attached hydrogen (secondary N) is 1. The average Bonchev–Trinajstić information content (AvgIpc) is 3.08. The highest BCUT2D eigenvalue weighted by Gasteiger charge is 2.33. The number of hydrogen-bond donors (Lipinski definition) is 3. The molecule has 1 fully saturated rings. The van der Waals surface area contributed by atoms with Crippen molar-refractivity contribution in [3.8, 4) is 16.9 Å². The van der Waals surface area contributed by atoms with Crippen molar-refractivity contribution < 1.29 is 19.5 Å². The van der Waals surface area contributed by atoms with Gasteiger partial charge in [-0.2, -0.15) is 0 Å². The van der Waals surface area contributed by atoms with Gasteiger partial charge in [-0.05, 0) is 84.5 Å². The maximum atomic E-state index is 14.1. The first kappa shape index (κ1) is 32.7. The number of piperidine rings is 1. The molecular formula is C37H39ClN4O4. The van der Waals surface area contributed by atoms with Crippen LogP contribution < -0.4 is 11.1 Å². The van der Waals surface area contributed by atoms with Crippen molar-refractivity contribution in [2.75, 3.05) is 26.2 Å². The van der Waals surface area contributed by atoms with Gasteiger partial charge in [0.2, 0.25) is 5.91 Å². The predicted molar refractivity (Wildman–Crippen MR) is 181 cm³/mol. The molecule has 0 aliphatic carbocycles. The normalized spacial score (nSPS) is 14.0. The van der Waals surface area contributed by atoms with Crippen molar-refractivity contribution in [1.29, 1.82) is 0 Å². The second kappa shape index (κ2) is 15.1. The van der Waals surface area contributed by atoms with Gasteiger partial charge in [-0.1, -0.05) is 66.2 Å². The molecule has 1 atom stereocenters. The van der Waals surface area contributed by atoms with Gasteiger partial charge < -0.3 is 26.0 Å². The van der Waals surface area contributed by atoms with E-state index >= 15 is 0 Å². The highest BCUT2D eigenvalue weighted by Crippen LogP contribution is 2.32. The van der Waals surface area contributed by atoms with E-state index in [1.54, 1.807) is 41.3 Å². The number of aromatic hydroxyl groups is 1. The van der Waals surface area contributed by atoms with Crippen LogP contribution in [0.25, 0.3) is 11.1 Å². The van der Waals surface area contributed by atoms with Gasteiger partial charge in [0.15, 0.2) is 0 Å². The fourth-order valence-electron chi connectivity index (χ4n) is 6.11. The topological polar surface area (TPSA) is 116 Å². The molecule has 3 amide bonds. The van der Waals surface area contributed by atoms with Crippen LogP contribution >= 0.6 is 11.6 Å². The Morgan fingerprint density at radius 2 is 1.67 bits per heavy atom. The molecule has 1 aliphatic heterocycles. The van der Waals surface area contributed by atoms with E-state index in [0.717, 1.165) is 22.3 Å². The lowest BCUT2D eigenvalue weighted by Gasteiger charge is -2.42. The zero-order valence-corrected chi connectivity index (χ0v) is 26.6. The zero-order valence-electron chi connectivity index (χ0n) is 25.9. The number of amides is 3. The number of rotatable bonds is 10. The van der Waals surface area contributed by atoms with E-state index < -0.39 is 0 Å². The van der Waals surface area contributed by atoms with Crippen molar-refractivity contribution in [1.82, 2.24) is 15.1 Å². The molecule has 0 radical (unpaired) electrons. The van der Waals surface area contributed by atoms with E-state index in [-0.39, 0.29) is 42.0 Å². The Bertz CT molecular complexity index is 1690. The largest absolute Gasteiger partial charge is 0.508 e. The van der Waals surface area contributed by atoms with Gasteiger partial charge in [0.25, 0.3) is 11.8 Å². The lowest BCUT2D eigenvalue weighted by molar-refractivity contribution is -0.136. The summed E-state index contributed by atoms with van der Waals surface area (Å²) < 4.78 is 0. The summed E-state index contributed by atoms with van der Waals surface area (Å²) in [6.07, 6.45) is 1.45. The molecule has 0 spiro atoms. The summed E-state index contributed by atoms with van der Waals surface area (Å²) in [7, 11) is 0. The lowest BCUT2D eigenvalue weighted by Crippen LogP contribution is -2.50. The number of nitrogens with zero attached hydrogens (tertiary/aromatic N) is 2. The second-order valence-electron chi connectivity index (χ2n) is 11.6. The Morgan fingerprint density at radius 1 is 0.957 bits per heavy atom. The third-order valence-corrected chi connectivity index (χ3v) is 8.75. The van der Waals surface area contributed by atoms with Crippen molar-refractivity contribution in [2.24, 2.45) is 5.73 Å². The number of carbonyl (C=O) groups excluding carboxylic acids is 3. The number of halogens is 1. The number of carbonyl (C=O) groups is 3. The number of phenolic OH excluding ortho intramolecular Hbond substituents is 1. The minimum atomic E-state index is -0.281. The van der Waals surface area contributed by atoms with Crippen molar-refractivity contribution in [2.45, 2.75) is 38.3 Å². The van der Waals surface area contributed by atoms with Crippen LogP contribution in [0.4, 0.5) is 0 Å². The molecule has 1 saturated heterocycles. The predicted octanol–water partition coefficient (Wildman–Crippen LogP) is 5.84. The summed E-state index contributed by atoms with van der Waals surface area (Å²) >= 11 is 6.10. The van der Waals surface area contributed by atoms with Crippen LogP contribution in [0.15, 0.2) is 97.1 Å². The minimum absolute atomic E-state index is 0.0143. The molecule has 1 aliphatic rings. The van der Waals surface area contributed by atoms with Crippen molar-refractivity contribution >= 4 is 29.3 Å². The van der Waals surface area contributed by atoms with Crippen molar-refractivity contribution in [3.05, 3.63) is 124 Å². The Morgan fingerprint density at radius 3 is 2.39 bits per heavy atom. The maximum absolute atomic E-state index is 14.1. The highest BCUT2D eigenvalue weighted by atomic mass is 35.5. The minimum Gasteiger partial charge on any atom is -0.508 e. The van der Waals surface area contributed by atoms with Gasteiger partial charge in [-0.3, -0.25) is 14.4 Å². The van der Waals surface area contributed by atoms with E-state index in [0.29, 0.717) is 55.2 Å². The average molecular weight is 639 g/mol.